The summed E-state index contributed by atoms with van der Waals surface area (Å²) in [5, 5.41) is 2.42. The average molecular weight is 372 g/mol. The highest BCUT2D eigenvalue weighted by Crippen LogP contribution is 2.39. The molecule has 9 heteroatoms. The summed E-state index contributed by atoms with van der Waals surface area (Å²) in [6.07, 6.45) is -10.0. The molecule has 0 heterocycles. The van der Waals surface area contributed by atoms with E-state index in [2.05, 4.69) is 15.9 Å². The lowest BCUT2D eigenvalue weighted by molar-refractivity contribution is -0.274. The van der Waals surface area contributed by atoms with Crippen molar-refractivity contribution in [2.24, 2.45) is 11.3 Å². The van der Waals surface area contributed by atoms with Crippen LogP contribution in [0.3, 0.4) is 0 Å². The van der Waals surface area contributed by atoms with Gasteiger partial charge in [-0.15, -0.1) is 0 Å². The van der Waals surface area contributed by atoms with E-state index in [0.29, 0.717) is 18.2 Å². The molecule has 1 N–H and O–H groups in total. The van der Waals surface area contributed by atoms with Gasteiger partial charge in [-0.1, -0.05) is 29.8 Å². The van der Waals surface area contributed by atoms with E-state index in [1.807, 2.05) is 0 Å². The summed E-state index contributed by atoms with van der Waals surface area (Å²) in [4.78, 5) is 11.2. The van der Waals surface area contributed by atoms with Gasteiger partial charge >= 0.3 is 12.4 Å². The fraction of sp³-hybridized carbons (Fsp3) is 0.909. The molecule has 0 spiro atoms. The van der Waals surface area contributed by atoms with Crippen LogP contribution in [0.1, 0.15) is 26.7 Å². The zero-order valence-corrected chi connectivity index (χ0v) is 12.5. The third-order valence-corrected chi connectivity index (χ3v) is 3.21. The molecule has 20 heavy (non-hydrogen) atoms. The van der Waals surface area contributed by atoms with Crippen LogP contribution in [0.15, 0.2) is 0 Å². The second-order valence-corrected chi connectivity index (χ2v) is 5.98. The SMILES string of the molecule is CC(C)(CCCBr)CNC(=O)C(C(F)(F)F)C(F)(F)F. The number of rotatable bonds is 6. The van der Waals surface area contributed by atoms with Gasteiger partial charge in [0.1, 0.15) is 0 Å². The Hall–Kier alpha value is -0.470. The normalized spacial score (nSPS) is 13.7. The fourth-order valence-corrected chi connectivity index (χ4v) is 1.83. The van der Waals surface area contributed by atoms with Crippen molar-refractivity contribution in [3.05, 3.63) is 0 Å². The Kier molecular flexibility index (Phi) is 6.83. The van der Waals surface area contributed by atoms with E-state index in [9.17, 15) is 31.1 Å². The van der Waals surface area contributed by atoms with E-state index in [-0.39, 0.29) is 6.54 Å². The van der Waals surface area contributed by atoms with E-state index in [4.69, 9.17) is 0 Å². The Balaban J connectivity index is 4.73. The van der Waals surface area contributed by atoms with Gasteiger partial charge in [0.15, 0.2) is 0 Å². The summed E-state index contributed by atoms with van der Waals surface area (Å²) in [6.45, 7) is 3.07. The van der Waals surface area contributed by atoms with Crippen molar-refractivity contribution in [1.82, 2.24) is 5.32 Å². The van der Waals surface area contributed by atoms with Gasteiger partial charge < -0.3 is 5.32 Å². The van der Waals surface area contributed by atoms with E-state index < -0.39 is 29.6 Å². The zero-order valence-electron chi connectivity index (χ0n) is 11.0. The summed E-state index contributed by atoms with van der Waals surface area (Å²) in [6, 6.07) is 0. The molecule has 0 bridgehead atoms. The highest BCUT2D eigenvalue weighted by Gasteiger charge is 2.61. The summed E-state index contributed by atoms with van der Waals surface area (Å²) < 4.78 is 73.8. The number of alkyl halides is 7. The molecule has 0 atom stereocenters. The summed E-state index contributed by atoms with van der Waals surface area (Å²) in [5.74, 6) is -6.04. The Morgan fingerprint density at radius 3 is 1.90 bits per heavy atom. The molecule has 0 unspecified atom stereocenters. The summed E-state index contributed by atoms with van der Waals surface area (Å²) in [5.41, 5.74) is -0.578. The third-order valence-electron chi connectivity index (χ3n) is 2.65. The molecule has 0 saturated heterocycles. The average Bonchev–Trinajstić information content (AvgIpc) is 2.20. The monoisotopic (exact) mass is 371 g/mol. The van der Waals surface area contributed by atoms with E-state index in [1.165, 1.54) is 0 Å². The highest BCUT2D eigenvalue weighted by atomic mass is 79.9. The molecule has 0 rings (SSSR count). The molecule has 120 valence electrons. The number of carbonyl (C=O) groups excluding carboxylic acids is 1. The topological polar surface area (TPSA) is 29.1 Å². The summed E-state index contributed by atoms with van der Waals surface area (Å²) >= 11 is 3.17. The van der Waals surface area contributed by atoms with Crippen molar-refractivity contribution >= 4 is 21.8 Å². The molecule has 0 aromatic rings. The van der Waals surface area contributed by atoms with Crippen molar-refractivity contribution in [1.29, 1.82) is 0 Å². The van der Waals surface area contributed by atoms with Crippen molar-refractivity contribution in [2.45, 2.75) is 39.0 Å². The lowest BCUT2D eigenvalue weighted by atomic mass is 9.88. The third kappa shape index (κ3) is 6.81. The molecule has 0 aromatic heterocycles. The predicted octanol–water partition coefficient (Wildman–Crippen LogP) is 4.04. The molecule has 1 amide bonds. The number of carbonyl (C=O) groups is 1. The van der Waals surface area contributed by atoms with Gasteiger partial charge in [-0.2, -0.15) is 26.3 Å². The Morgan fingerprint density at radius 1 is 1.10 bits per heavy atom. The molecule has 0 saturated carbocycles. The smallest absolute Gasteiger partial charge is 0.355 e. The van der Waals surface area contributed by atoms with Gasteiger partial charge in [0.25, 0.3) is 0 Å². The molecule has 0 aliphatic carbocycles. The van der Waals surface area contributed by atoms with Crippen LogP contribution in [0.5, 0.6) is 0 Å². The van der Waals surface area contributed by atoms with Crippen molar-refractivity contribution in [2.75, 3.05) is 11.9 Å². The maximum Gasteiger partial charge on any atom is 0.409 e. The van der Waals surface area contributed by atoms with Gasteiger partial charge in [-0.05, 0) is 18.3 Å². The van der Waals surface area contributed by atoms with Crippen LogP contribution in [0.25, 0.3) is 0 Å². The lowest BCUT2D eigenvalue weighted by Crippen LogP contribution is -2.49. The molecule has 0 aliphatic rings. The highest BCUT2D eigenvalue weighted by molar-refractivity contribution is 9.09. The lowest BCUT2D eigenvalue weighted by Gasteiger charge is -2.27. The Morgan fingerprint density at radius 2 is 1.55 bits per heavy atom. The van der Waals surface area contributed by atoms with Crippen LogP contribution < -0.4 is 5.32 Å². The Labute approximate surface area is 121 Å². The first kappa shape index (κ1) is 19.5. The number of halogens is 7. The van der Waals surface area contributed by atoms with Crippen molar-refractivity contribution in [3.8, 4) is 0 Å². The van der Waals surface area contributed by atoms with E-state index in [1.54, 1.807) is 19.2 Å². The molecule has 0 aromatic carbocycles. The zero-order chi connectivity index (χ0) is 16.2. The van der Waals surface area contributed by atoms with Crippen molar-refractivity contribution in [3.63, 3.8) is 0 Å². The fourth-order valence-electron chi connectivity index (χ4n) is 1.55. The first-order valence-corrected chi connectivity index (χ1v) is 6.90. The number of nitrogens with one attached hydrogen (secondary N) is 1. The number of amides is 1. The minimum atomic E-state index is -5.65. The van der Waals surface area contributed by atoms with E-state index in [0.717, 1.165) is 0 Å². The minimum absolute atomic E-state index is 0.249. The first-order chi connectivity index (χ1) is 8.81. The minimum Gasteiger partial charge on any atom is -0.355 e. The standard InChI is InChI=1S/C11H16BrF6NO/c1-9(2,4-3-5-12)6-19-8(20)7(10(13,14)15)11(16,17)18/h7H,3-6H2,1-2H3,(H,19,20). The molecule has 0 radical (unpaired) electrons. The van der Waals surface area contributed by atoms with Gasteiger partial charge in [0, 0.05) is 11.9 Å². The van der Waals surface area contributed by atoms with Gasteiger partial charge in [0.2, 0.25) is 11.8 Å². The van der Waals surface area contributed by atoms with Crippen molar-refractivity contribution < 1.29 is 31.1 Å². The molecular formula is C11H16BrF6NO. The van der Waals surface area contributed by atoms with Crippen LogP contribution in [-0.2, 0) is 4.79 Å². The molecule has 2 nitrogen and oxygen atoms in total. The first-order valence-electron chi connectivity index (χ1n) is 5.78. The van der Waals surface area contributed by atoms with Gasteiger partial charge in [-0.3, -0.25) is 4.79 Å². The Bertz CT molecular complexity index is 312. The van der Waals surface area contributed by atoms with Crippen LogP contribution in [0.4, 0.5) is 26.3 Å². The molecule has 0 fully saturated rings. The molecular weight excluding hydrogens is 356 g/mol. The maximum atomic E-state index is 12.3. The van der Waals surface area contributed by atoms with Crippen LogP contribution in [-0.4, -0.2) is 30.1 Å². The number of hydrogen-bond donors (Lipinski definition) is 1. The second-order valence-electron chi connectivity index (χ2n) is 5.19. The second kappa shape index (κ2) is 7.00. The number of hydrogen-bond acceptors (Lipinski definition) is 1. The van der Waals surface area contributed by atoms with Gasteiger partial charge in [0.05, 0.1) is 0 Å². The van der Waals surface area contributed by atoms with Crippen LogP contribution >= 0.6 is 15.9 Å². The largest absolute Gasteiger partial charge is 0.409 e. The van der Waals surface area contributed by atoms with E-state index >= 15 is 0 Å². The molecule has 0 aliphatic heterocycles. The quantitative estimate of drug-likeness (QED) is 0.553. The summed E-state index contributed by atoms with van der Waals surface area (Å²) in [7, 11) is 0. The maximum absolute atomic E-state index is 12.3. The predicted molar refractivity (Wildman–Crippen MR) is 65.4 cm³/mol. The van der Waals surface area contributed by atoms with Crippen LogP contribution in [0.2, 0.25) is 0 Å². The van der Waals surface area contributed by atoms with Crippen LogP contribution in [0, 0.1) is 11.3 Å². The van der Waals surface area contributed by atoms with Gasteiger partial charge in [-0.25, -0.2) is 0 Å².